The van der Waals surface area contributed by atoms with E-state index in [-0.39, 0.29) is 0 Å². The van der Waals surface area contributed by atoms with Crippen molar-refractivity contribution in [2.75, 3.05) is 0 Å². The summed E-state index contributed by atoms with van der Waals surface area (Å²) < 4.78 is 24.4. The van der Waals surface area contributed by atoms with E-state index in [1.165, 1.54) is 25.7 Å². The third-order valence-corrected chi connectivity index (χ3v) is 2.73. The van der Waals surface area contributed by atoms with E-state index in [4.69, 9.17) is 0 Å². The number of alkyl halides is 2. The van der Waals surface area contributed by atoms with Gasteiger partial charge in [-0.1, -0.05) is 25.7 Å². The lowest BCUT2D eigenvalue weighted by atomic mass is 10.1. The molecule has 3 heteroatoms. The van der Waals surface area contributed by atoms with Crippen molar-refractivity contribution in [3.8, 4) is 0 Å². The van der Waals surface area contributed by atoms with Gasteiger partial charge in [-0.15, -0.1) is 0 Å². The molecule has 1 atom stereocenters. The molecule has 0 bridgehead atoms. The van der Waals surface area contributed by atoms with Gasteiger partial charge in [0.25, 0.3) is 6.43 Å². The minimum atomic E-state index is -2.23. The summed E-state index contributed by atoms with van der Waals surface area (Å²) >= 11 is 0. The number of nitrogens with one attached hydrogen (secondary N) is 1. The van der Waals surface area contributed by atoms with E-state index in [0.29, 0.717) is 6.04 Å². The monoisotopic (exact) mass is 191 g/mol. The first-order valence-electron chi connectivity index (χ1n) is 5.24. The molecular weight excluding hydrogens is 172 g/mol. The van der Waals surface area contributed by atoms with Crippen LogP contribution in [0.3, 0.4) is 0 Å². The van der Waals surface area contributed by atoms with E-state index in [0.717, 1.165) is 12.8 Å². The zero-order valence-corrected chi connectivity index (χ0v) is 8.23. The minimum Gasteiger partial charge on any atom is -0.306 e. The zero-order valence-electron chi connectivity index (χ0n) is 8.23. The molecule has 1 unspecified atom stereocenters. The fourth-order valence-electron chi connectivity index (χ4n) is 1.89. The minimum absolute atomic E-state index is 0.325. The van der Waals surface area contributed by atoms with Crippen LogP contribution in [0.1, 0.15) is 45.4 Å². The maximum atomic E-state index is 12.2. The smallest absolute Gasteiger partial charge is 0.253 e. The maximum absolute atomic E-state index is 12.2. The van der Waals surface area contributed by atoms with Crippen molar-refractivity contribution in [2.24, 2.45) is 0 Å². The van der Waals surface area contributed by atoms with Crippen LogP contribution in [0.25, 0.3) is 0 Å². The summed E-state index contributed by atoms with van der Waals surface area (Å²) in [5.41, 5.74) is 0. The normalized spacial score (nSPS) is 23.1. The van der Waals surface area contributed by atoms with E-state index < -0.39 is 12.5 Å². The standard InChI is InChI=1S/C10H19F2N/c1-8(10(11)12)13-9-6-4-2-3-5-7-9/h8-10,13H,2-7H2,1H3. The van der Waals surface area contributed by atoms with Crippen molar-refractivity contribution in [3.63, 3.8) is 0 Å². The summed E-state index contributed by atoms with van der Waals surface area (Å²) in [7, 11) is 0. The van der Waals surface area contributed by atoms with Gasteiger partial charge in [0.2, 0.25) is 0 Å². The van der Waals surface area contributed by atoms with Crippen LogP contribution in [0.2, 0.25) is 0 Å². The van der Waals surface area contributed by atoms with Gasteiger partial charge in [0, 0.05) is 6.04 Å². The summed E-state index contributed by atoms with van der Waals surface area (Å²) in [6, 6.07) is -0.324. The average Bonchev–Trinajstić information content (AvgIpc) is 2.32. The SMILES string of the molecule is CC(NC1CCCCCC1)C(F)F. The molecule has 78 valence electrons. The third-order valence-electron chi connectivity index (χ3n) is 2.73. The lowest BCUT2D eigenvalue weighted by molar-refractivity contribution is 0.0985. The first-order chi connectivity index (χ1) is 6.20. The summed E-state index contributed by atoms with van der Waals surface area (Å²) in [6.07, 6.45) is 4.81. The number of hydrogen-bond acceptors (Lipinski definition) is 1. The first kappa shape index (κ1) is 10.9. The molecule has 0 amide bonds. The van der Waals surface area contributed by atoms with Crippen LogP contribution in [0.5, 0.6) is 0 Å². The van der Waals surface area contributed by atoms with Crippen LogP contribution < -0.4 is 5.32 Å². The molecule has 0 aromatic heterocycles. The average molecular weight is 191 g/mol. The van der Waals surface area contributed by atoms with Crippen molar-refractivity contribution in [3.05, 3.63) is 0 Å². The fourth-order valence-corrected chi connectivity index (χ4v) is 1.89. The van der Waals surface area contributed by atoms with E-state index in [1.54, 1.807) is 6.92 Å². The Labute approximate surface area is 78.9 Å². The van der Waals surface area contributed by atoms with Crippen LogP contribution in [0.4, 0.5) is 8.78 Å². The molecule has 0 spiro atoms. The van der Waals surface area contributed by atoms with Crippen molar-refractivity contribution < 1.29 is 8.78 Å². The number of halogens is 2. The molecule has 1 fully saturated rings. The Morgan fingerprint density at radius 1 is 1.08 bits per heavy atom. The Balaban J connectivity index is 2.25. The highest BCUT2D eigenvalue weighted by Crippen LogP contribution is 2.18. The highest BCUT2D eigenvalue weighted by atomic mass is 19.3. The van der Waals surface area contributed by atoms with E-state index >= 15 is 0 Å². The van der Waals surface area contributed by atoms with E-state index in [2.05, 4.69) is 5.32 Å². The van der Waals surface area contributed by atoms with E-state index in [9.17, 15) is 8.78 Å². The molecule has 0 heterocycles. The second-order valence-corrected chi connectivity index (χ2v) is 3.98. The summed E-state index contributed by atoms with van der Waals surface area (Å²) in [4.78, 5) is 0. The lowest BCUT2D eigenvalue weighted by Crippen LogP contribution is -2.40. The largest absolute Gasteiger partial charge is 0.306 e. The fraction of sp³-hybridized carbons (Fsp3) is 1.00. The Morgan fingerprint density at radius 3 is 2.08 bits per heavy atom. The quantitative estimate of drug-likeness (QED) is 0.676. The maximum Gasteiger partial charge on any atom is 0.253 e. The molecule has 1 rings (SSSR count). The summed E-state index contributed by atoms with van der Waals surface area (Å²) in [5, 5.41) is 3.01. The van der Waals surface area contributed by atoms with Gasteiger partial charge >= 0.3 is 0 Å². The summed E-state index contributed by atoms with van der Waals surface area (Å²) in [5.74, 6) is 0. The summed E-state index contributed by atoms with van der Waals surface area (Å²) in [6.45, 7) is 1.57. The van der Waals surface area contributed by atoms with Crippen molar-refractivity contribution in [1.82, 2.24) is 5.32 Å². The van der Waals surface area contributed by atoms with Crippen LogP contribution in [-0.4, -0.2) is 18.5 Å². The van der Waals surface area contributed by atoms with E-state index in [1.807, 2.05) is 0 Å². The predicted octanol–water partition coefficient (Wildman–Crippen LogP) is 2.95. The van der Waals surface area contributed by atoms with Crippen LogP contribution >= 0.6 is 0 Å². The molecule has 0 saturated heterocycles. The van der Waals surface area contributed by atoms with Crippen molar-refractivity contribution in [2.45, 2.75) is 64.0 Å². The van der Waals surface area contributed by atoms with Gasteiger partial charge in [-0.05, 0) is 19.8 Å². The topological polar surface area (TPSA) is 12.0 Å². The second kappa shape index (κ2) is 5.53. The van der Waals surface area contributed by atoms with Gasteiger partial charge in [0.1, 0.15) is 0 Å². The highest BCUT2D eigenvalue weighted by Gasteiger charge is 2.19. The van der Waals surface area contributed by atoms with Gasteiger partial charge in [-0.3, -0.25) is 0 Å². The molecule has 1 aliphatic carbocycles. The molecule has 13 heavy (non-hydrogen) atoms. The van der Waals surface area contributed by atoms with Gasteiger partial charge in [0.05, 0.1) is 6.04 Å². The molecular formula is C10H19F2N. The van der Waals surface area contributed by atoms with Gasteiger partial charge in [0.15, 0.2) is 0 Å². The van der Waals surface area contributed by atoms with Crippen molar-refractivity contribution >= 4 is 0 Å². The molecule has 1 N–H and O–H groups in total. The lowest BCUT2D eigenvalue weighted by Gasteiger charge is -2.21. The van der Waals surface area contributed by atoms with Crippen LogP contribution in [0.15, 0.2) is 0 Å². The second-order valence-electron chi connectivity index (χ2n) is 3.98. The Hall–Kier alpha value is -0.180. The Bertz CT molecular complexity index is 131. The van der Waals surface area contributed by atoms with Gasteiger partial charge in [-0.25, -0.2) is 8.78 Å². The molecule has 0 aliphatic heterocycles. The molecule has 1 aliphatic rings. The van der Waals surface area contributed by atoms with Crippen LogP contribution in [-0.2, 0) is 0 Å². The molecule has 0 aromatic rings. The third kappa shape index (κ3) is 4.03. The number of hydrogen-bond donors (Lipinski definition) is 1. The Morgan fingerprint density at radius 2 is 1.62 bits per heavy atom. The van der Waals surface area contributed by atoms with Gasteiger partial charge in [-0.2, -0.15) is 0 Å². The molecule has 0 aromatic carbocycles. The first-order valence-corrected chi connectivity index (χ1v) is 5.24. The Kier molecular flexibility index (Phi) is 4.64. The predicted molar refractivity (Wildman–Crippen MR) is 50.1 cm³/mol. The molecule has 1 saturated carbocycles. The van der Waals surface area contributed by atoms with Gasteiger partial charge < -0.3 is 5.32 Å². The molecule has 0 radical (unpaired) electrons. The number of rotatable bonds is 3. The van der Waals surface area contributed by atoms with Crippen LogP contribution in [0, 0.1) is 0 Å². The zero-order chi connectivity index (χ0) is 9.68. The molecule has 1 nitrogen and oxygen atoms in total. The van der Waals surface area contributed by atoms with Crippen molar-refractivity contribution in [1.29, 1.82) is 0 Å². The highest BCUT2D eigenvalue weighted by molar-refractivity contribution is 4.75.